The van der Waals surface area contributed by atoms with Gasteiger partial charge in [0.15, 0.2) is 0 Å². The number of rotatable bonds is 2. The van der Waals surface area contributed by atoms with E-state index < -0.39 is 0 Å². The predicted octanol–water partition coefficient (Wildman–Crippen LogP) is 4.40. The molecule has 0 aliphatic carbocycles. The molecule has 100 valence electrons. The number of halogens is 2. The van der Waals surface area contributed by atoms with Gasteiger partial charge in [-0.1, -0.05) is 44.8 Å². The topological polar surface area (TPSA) is 64.9 Å². The van der Waals surface area contributed by atoms with Crippen molar-refractivity contribution in [2.45, 2.75) is 0 Å². The fraction of sp³-hybridized carbons (Fsp3) is 0. The largest absolute Gasteiger partial charge is 0.398 e. The molecule has 0 saturated heterocycles. The molecule has 0 aliphatic rings. The minimum absolute atomic E-state index is 0.347. The van der Waals surface area contributed by atoms with Gasteiger partial charge in [-0.05, 0) is 30.3 Å². The van der Waals surface area contributed by atoms with Gasteiger partial charge in [0.05, 0.1) is 5.56 Å². The zero-order chi connectivity index (χ0) is 14.1. The lowest BCUT2D eigenvalue weighted by molar-refractivity contribution is 0.432. The van der Waals surface area contributed by atoms with Crippen molar-refractivity contribution < 1.29 is 4.52 Å². The molecule has 0 spiro atoms. The number of nitrogen functional groups attached to an aromatic ring is 1. The van der Waals surface area contributed by atoms with Crippen LogP contribution in [0.4, 0.5) is 5.69 Å². The summed E-state index contributed by atoms with van der Waals surface area (Å²) >= 11 is 9.37. The van der Waals surface area contributed by atoms with Crippen LogP contribution >= 0.6 is 27.5 Å². The third-order valence-electron chi connectivity index (χ3n) is 2.75. The lowest BCUT2D eigenvalue weighted by Crippen LogP contribution is -1.90. The molecule has 0 atom stereocenters. The Morgan fingerprint density at radius 2 is 2.00 bits per heavy atom. The lowest BCUT2D eigenvalue weighted by atomic mass is 10.2. The molecule has 3 aromatic rings. The molecule has 0 radical (unpaired) electrons. The van der Waals surface area contributed by atoms with Crippen LogP contribution in [-0.2, 0) is 0 Å². The normalized spacial score (nSPS) is 10.7. The molecular weight excluding hydrogens is 342 g/mol. The Balaban J connectivity index is 2.04. The average molecular weight is 351 g/mol. The maximum absolute atomic E-state index is 5.96. The number of hydrogen-bond donors (Lipinski definition) is 1. The standard InChI is InChI=1S/C14H9BrClN3O/c15-9-3-1-2-8(6-9)13-18-14(20-19-13)11-7-10(16)4-5-12(11)17/h1-7H,17H2. The molecule has 3 rings (SSSR count). The van der Waals surface area contributed by atoms with E-state index in [0.29, 0.717) is 28.0 Å². The summed E-state index contributed by atoms with van der Waals surface area (Å²) in [7, 11) is 0. The van der Waals surface area contributed by atoms with Gasteiger partial charge in [0, 0.05) is 20.7 Å². The Morgan fingerprint density at radius 1 is 1.15 bits per heavy atom. The second-order valence-corrected chi connectivity index (χ2v) is 5.52. The molecular formula is C14H9BrClN3O. The first kappa shape index (κ1) is 13.1. The predicted molar refractivity (Wildman–Crippen MR) is 82.3 cm³/mol. The average Bonchev–Trinajstić information content (AvgIpc) is 2.91. The minimum Gasteiger partial charge on any atom is -0.398 e. The fourth-order valence-corrected chi connectivity index (χ4v) is 2.36. The zero-order valence-corrected chi connectivity index (χ0v) is 12.5. The summed E-state index contributed by atoms with van der Waals surface area (Å²) in [6.07, 6.45) is 0. The summed E-state index contributed by atoms with van der Waals surface area (Å²) in [4.78, 5) is 4.36. The first-order valence-corrected chi connectivity index (χ1v) is 6.95. The maximum Gasteiger partial charge on any atom is 0.260 e. The van der Waals surface area contributed by atoms with Crippen molar-refractivity contribution >= 4 is 33.2 Å². The van der Waals surface area contributed by atoms with Gasteiger partial charge in [-0.25, -0.2) is 0 Å². The van der Waals surface area contributed by atoms with Gasteiger partial charge in [0.25, 0.3) is 5.89 Å². The number of hydrogen-bond acceptors (Lipinski definition) is 4. The number of nitrogens with two attached hydrogens (primary N) is 1. The van der Waals surface area contributed by atoms with Gasteiger partial charge in [-0.15, -0.1) is 0 Å². The lowest BCUT2D eigenvalue weighted by Gasteiger charge is -2.00. The van der Waals surface area contributed by atoms with Crippen LogP contribution in [0.5, 0.6) is 0 Å². The van der Waals surface area contributed by atoms with Crippen molar-refractivity contribution in [1.29, 1.82) is 0 Å². The highest BCUT2D eigenvalue weighted by atomic mass is 79.9. The molecule has 0 bridgehead atoms. The molecule has 0 amide bonds. The van der Waals surface area contributed by atoms with E-state index in [4.69, 9.17) is 21.9 Å². The van der Waals surface area contributed by atoms with Crippen molar-refractivity contribution in [3.8, 4) is 22.8 Å². The van der Waals surface area contributed by atoms with Crippen LogP contribution in [-0.4, -0.2) is 10.1 Å². The van der Waals surface area contributed by atoms with E-state index in [-0.39, 0.29) is 0 Å². The molecule has 0 aliphatic heterocycles. The Labute approximate surface area is 128 Å². The number of aromatic nitrogens is 2. The van der Waals surface area contributed by atoms with Crippen LogP contribution in [0.2, 0.25) is 5.02 Å². The van der Waals surface area contributed by atoms with Gasteiger partial charge in [-0.2, -0.15) is 4.98 Å². The molecule has 0 saturated carbocycles. The molecule has 1 aromatic heterocycles. The zero-order valence-electron chi connectivity index (χ0n) is 10.2. The van der Waals surface area contributed by atoms with Crippen LogP contribution in [0.15, 0.2) is 51.5 Å². The molecule has 1 heterocycles. The first-order chi connectivity index (χ1) is 9.63. The van der Waals surface area contributed by atoms with Crippen LogP contribution in [0.25, 0.3) is 22.8 Å². The highest BCUT2D eigenvalue weighted by molar-refractivity contribution is 9.10. The smallest absolute Gasteiger partial charge is 0.260 e. The van der Waals surface area contributed by atoms with E-state index in [1.54, 1.807) is 18.2 Å². The summed E-state index contributed by atoms with van der Waals surface area (Å²) in [5.41, 5.74) is 7.93. The summed E-state index contributed by atoms with van der Waals surface area (Å²) in [6.45, 7) is 0. The SMILES string of the molecule is Nc1ccc(Cl)cc1-c1nc(-c2cccc(Br)c2)no1. The molecule has 0 fully saturated rings. The molecule has 2 N–H and O–H groups in total. The van der Waals surface area contributed by atoms with Crippen LogP contribution < -0.4 is 5.73 Å². The third kappa shape index (κ3) is 2.55. The minimum atomic E-state index is 0.347. The molecule has 6 heteroatoms. The second-order valence-electron chi connectivity index (χ2n) is 4.17. The molecule has 2 aromatic carbocycles. The van der Waals surface area contributed by atoms with E-state index in [1.807, 2.05) is 24.3 Å². The fourth-order valence-electron chi connectivity index (χ4n) is 1.79. The number of anilines is 1. The molecule has 20 heavy (non-hydrogen) atoms. The Hall–Kier alpha value is -1.85. The summed E-state index contributed by atoms with van der Waals surface area (Å²) < 4.78 is 6.21. The van der Waals surface area contributed by atoms with Crippen LogP contribution in [0, 0.1) is 0 Å². The van der Waals surface area contributed by atoms with Crippen molar-refractivity contribution in [2.24, 2.45) is 0 Å². The van der Waals surface area contributed by atoms with E-state index in [1.165, 1.54) is 0 Å². The van der Waals surface area contributed by atoms with E-state index >= 15 is 0 Å². The Morgan fingerprint density at radius 3 is 2.80 bits per heavy atom. The monoisotopic (exact) mass is 349 g/mol. The van der Waals surface area contributed by atoms with Crippen LogP contribution in [0.1, 0.15) is 0 Å². The van der Waals surface area contributed by atoms with Gasteiger partial charge >= 0.3 is 0 Å². The highest BCUT2D eigenvalue weighted by Gasteiger charge is 2.13. The second kappa shape index (κ2) is 5.26. The first-order valence-electron chi connectivity index (χ1n) is 5.78. The van der Waals surface area contributed by atoms with Crippen molar-refractivity contribution in [3.05, 3.63) is 52.0 Å². The highest BCUT2D eigenvalue weighted by Crippen LogP contribution is 2.29. The Bertz CT molecular complexity index is 773. The van der Waals surface area contributed by atoms with Crippen molar-refractivity contribution in [2.75, 3.05) is 5.73 Å². The van der Waals surface area contributed by atoms with Gasteiger partial charge in [0.1, 0.15) is 0 Å². The van der Waals surface area contributed by atoms with E-state index in [9.17, 15) is 0 Å². The number of benzene rings is 2. The summed E-state index contributed by atoms with van der Waals surface area (Å²) in [5, 5.41) is 4.54. The summed E-state index contributed by atoms with van der Waals surface area (Å²) in [5.74, 6) is 0.848. The van der Waals surface area contributed by atoms with Gasteiger partial charge < -0.3 is 10.3 Å². The third-order valence-corrected chi connectivity index (χ3v) is 3.48. The molecule has 0 unspecified atom stereocenters. The summed E-state index contributed by atoms with van der Waals surface area (Å²) in [6, 6.07) is 12.8. The maximum atomic E-state index is 5.96. The molecule has 4 nitrogen and oxygen atoms in total. The van der Waals surface area contributed by atoms with Gasteiger partial charge in [-0.3, -0.25) is 0 Å². The Kier molecular flexibility index (Phi) is 3.46. The quantitative estimate of drug-likeness (QED) is 0.696. The number of nitrogens with zero attached hydrogens (tertiary/aromatic N) is 2. The van der Waals surface area contributed by atoms with E-state index in [2.05, 4.69) is 26.1 Å². The van der Waals surface area contributed by atoms with Crippen LogP contribution in [0.3, 0.4) is 0 Å². The van der Waals surface area contributed by atoms with E-state index in [0.717, 1.165) is 10.0 Å². The van der Waals surface area contributed by atoms with Crippen molar-refractivity contribution in [1.82, 2.24) is 10.1 Å². The van der Waals surface area contributed by atoms with Crippen molar-refractivity contribution in [3.63, 3.8) is 0 Å². The van der Waals surface area contributed by atoms with Gasteiger partial charge in [0.2, 0.25) is 5.82 Å².